The minimum absolute atomic E-state index is 0.267. The van der Waals surface area contributed by atoms with Crippen LogP contribution in [0.2, 0.25) is 0 Å². The number of hydrogen-bond acceptors (Lipinski definition) is 3. The molecule has 1 aromatic heterocycles. The van der Waals surface area contributed by atoms with Crippen LogP contribution in [0.3, 0.4) is 0 Å². The largest absolute Gasteiger partial charge is 0.486 e. The zero-order chi connectivity index (χ0) is 13.0. The van der Waals surface area contributed by atoms with Gasteiger partial charge >= 0.3 is 0 Å². The number of halogens is 1. The van der Waals surface area contributed by atoms with Crippen molar-refractivity contribution in [3.8, 4) is 5.75 Å². The number of aromatic nitrogens is 1. The molecule has 0 bridgehead atoms. The van der Waals surface area contributed by atoms with Crippen LogP contribution < -0.4 is 10.5 Å². The summed E-state index contributed by atoms with van der Waals surface area (Å²) in [5.41, 5.74) is 6.52. The first-order valence-corrected chi connectivity index (χ1v) is 6.09. The van der Waals surface area contributed by atoms with E-state index in [1.807, 2.05) is 12.1 Å². The van der Waals surface area contributed by atoms with Gasteiger partial charge in [0.15, 0.2) is 5.75 Å². The predicted molar refractivity (Wildman–Crippen MR) is 71.2 cm³/mol. The number of ether oxygens (including phenoxy) is 1. The van der Waals surface area contributed by atoms with E-state index in [0.29, 0.717) is 15.9 Å². The Labute approximate surface area is 113 Å². The van der Waals surface area contributed by atoms with Crippen LogP contribution in [0.4, 0.5) is 0 Å². The van der Waals surface area contributed by atoms with E-state index in [4.69, 9.17) is 10.5 Å². The molecule has 0 aliphatic rings. The maximum absolute atomic E-state index is 11.2. The molecule has 0 aliphatic heterocycles. The number of carbonyl (C=O) groups excluding carboxylic acids is 1. The van der Waals surface area contributed by atoms with Gasteiger partial charge < -0.3 is 10.5 Å². The van der Waals surface area contributed by atoms with Crippen molar-refractivity contribution in [2.24, 2.45) is 5.73 Å². The van der Waals surface area contributed by atoms with Crippen molar-refractivity contribution < 1.29 is 9.53 Å². The summed E-state index contributed by atoms with van der Waals surface area (Å²) in [6, 6.07) is 10.7. The normalized spacial score (nSPS) is 10.1. The number of carbonyl (C=O) groups is 1. The van der Waals surface area contributed by atoms with E-state index < -0.39 is 5.91 Å². The zero-order valence-electron chi connectivity index (χ0n) is 9.47. The molecule has 2 aromatic rings. The van der Waals surface area contributed by atoms with Crippen molar-refractivity contribution in [2.75, 3.05) is 0 Å². The van der Waals surface area contributed by atoms with Crippen molar-refractivity contribution >= 4 is 21.8 Å². The lowest BCUT2D eigenvalue weighted by molar-refractivity contribution is 0.0998. The lowest BCUT2D eigenvalue weighted by atomic mass is 10.1. The fourth-order valence-corrected chi connectivity index (χ4v) is 1.89. The van der Waals surface area contributed by atoms with Crippen LogP contribution in [-0.2, 0) is 6.61 Å². The van der Waals surface area contributed by atoms with Crippen molar-refractivity contribution in [3.63, 3.8) is 0 Å². The van der Waals surface area contributed by atoms with E-state index in [-0.39, 0.29) is 6.61 Å². The van der Waals surface area contributed by atoms with Gasteiger partial charge in [0.05, 0.1) is 0 Å². The Balaban J connectivity index is 2.16. The summed E-state index contributed by atoms with van der Waals surface area (Å²) in [6.45, 7) is 0.267. The Morgan fingerprint density at radius 1 is 1.28 bits per heavy atom. The minimum Gasteiger partial charge on any atom is -0.486 e. The average Bonchev–Trinajstić information content (AvgIpc) is 2.38. The molecule has 0 aliphatic carbocycles. The van der Waals surface area contributed by atoms with Gasteiger partial charge in [-0.1, -0.05) is 18.2 Å². The van der Waals surface area contributed by atoms with Gasteiger partial charge in [-0.25, -0.2) is 4.98 Å². The molecule has 92 valence electrons. The van der Waals surface area contributed by atoms with Gasteiger partial charge in [-0.15, -0.1) is 0 Å². The Hall–Kier alpha value is -1.88. The molecule has 0 saturated carbocycles. The molecule has 1 aromatic carbocycles. The number of amides is 1. The Morgan fingerprint density at radius 2 is 2.06 bits per heavy atom. The maximum Gasteiger partial charge on any atom is 0.249 e. The molecule has 2 N–H and O–H groups in total. The molecular weight excluding hydrogens is 296 g/mol. The van der Waals surface area contributed by atoms with E-state index in [1.165, 1.54) is 0 Å². The second-order valence-electron chi connectivity index (χ2n) is 3.60. The summed E-state index contributed by atoms with van der Waals surface area (Å²) >= 11 is 3.29. The zero-order valence-corrected chi connectivity index (χ0v) is 11.1. The van der Waals surface area contributed by atoms with Gasteiger partial charge in [0.2, 0.25) is 5.91 Å². The first-order chi connectivity index (χ1) is 8.68. The summed E-state index contributed by atoms with van der Waals surface area (Å²) in [5, 5.41) is 0. The smallest absolute Gasteiger partial charge is 0.249 e. The third-order valence-corrected chi connectivity index (χ3v) is 2.99. The van der Waals surface area contributed by atoms with Crippen molar-refractivity contribution in [2.45, 2.75) is 6.61 Å². The monoisotopic (exact) mass is 306 g/mol. The fraction of sp³-hybridized carbons (Fsp3) is 0.0769. The van der Waals surface area contributed by atoms with Crippen LogP contribution in [0, 0.1) is 0 Å². The van der Waals surface area contributed by atoms with Crippen LogP contribution in [0.5, 0.6) is 5.75 Å². The summed E-state index contributed by atoms with van der Waals surface area (Å²) in [4.78, 5) is 15.3. The highest BCUT2D eigenvalue weighted by molar-refractivity contribution is 9.10. The summed E-state index contributed by atoms with van der Waals surface area (Å²) in [5.74, 6) is 0.163. The molecule has 0 radical (unpaired) electrons. The number of nitrogens with zero attached hydrogens (tertiary/aromatic N) is 1. The molecular formula is C13H11BrN2O2. The van der Waals surface area contributed by atoms with Gasteiger partial charge in [0, 0.05) is 17.3 Å². The van der Waals surface area contributed by atoms with E-state index in [2.05, 4.69) is 20.9 Å². The van der Waals surface area contributed by atoms with Crippen LogP contribution >= 0.6 is 15.9 Å². The Morgan fingerprint density at radius 3 is 2.78 bits per heavy atom. The maximum atomic E-state index is 11.2. The fourth-order valence-electron chi connectivity index (χ4n) is 1.52. The number of benzene rings is 1. The third kappa shape index (κ3) is 2.87. The van der Waals surface area contributed by atoms with Crippen LogP contribution in [-0.4, -0.2) is 10.9 Å². The summed E-state index contributed by atoms with van der Waals surface area (Å²) < 4.78 is 6.22. The van der Waals surface area contributed by atoms with E-state index >= 15 is 0 Å². The number of rotatable bonds is 4. The first kappa shape index (κ1) is 12.6. The second kappa shape index (κ2) is 5.64. The number of nitrogens with two attached hydrogens (primary N) is 1. The van der Waals surface area contributed by atoms with Crippen molar-refractivity contribution in [3.05, 3.63) is 58.3 Å². The highest BCUT2D eigenvalue weighted by atomic mass is 79.9. The quantitative estimate of drug-likeness (QED) is 0.883. The highest BCUT2D eigenvalue weighted by Gasteiger charge is 2.08. The molecule has 0 fully saturated rings. The first-order valence-electron chi connectivity index (χ1n) is 5.29. The Bertz CT molecular complexity index is 572. The molecule has 0 unspecified atom stereocenters. The van der Waals surface area contributed by atoms with Gasteiger partial charge in [-0.2, -0.15) is 0 Å². The molecule has 0 saturated heterocycles. The van der Waals surface area contributed by atoms with Crippen LogP contribution in [0.25, 0.3) is 0 Å². The lowest BCUT2D eigenvalue weighted by Gasteiger charge is -2.09. The van der Waals surface area contributed by atoms with Crippen molar-refractivity contribution in [1.29, 1.82) is 0 Å². The topological polar surface area (TPSA) is 65.2 Å². The van der Waals surface area contributed by atoms with Gasteiger partial charge in [0.1, 0.15) is 11.2 Å². The molecule has 18 heavy (non-hydrogen) atoms. The molecule has 0 atom stereocenters. The number of pyridine rings is 1. The predicted octanol–water partition coefficient (Wildman–Crippen LogP) is 2.52. The molecule has 2 rings (SSSR count). The molecule has 0 spiro atoms. The van der Waals surface area contributed by atoms with Gasteiger partial charge in [-0.05, 0) is 34.1 Å². The third-order valence-electron chi connectivity index (χ3n) is 2.39. The van der Waals surface area contributed by atoms with Crippen LogP contribution in [0.15, 0.2) is 47.2 Å². The van der Waals surface area contributed by atoms with E-state index in [0.717, 1.165) is 5.56 Å². The van der Waals surface area contributed by atoms with Gasteiger partial charge in [0.25, 0.3) is 0 Å². The molecule has 4 nitrogen and oxygen atoms in total. The van der Waals surface area contributed by atoms with Gasteiger partial charge in [-0.3, -0.25) is 4.79 Å². The molecule has 1 amide bonds. The lowest BCUT2D eigenvalue weighted by Crippen LogP contribution is -2.14. The standard InChI is InChI=1S/C13H11BrN2O2/c14-12-11(6-3-7-16-12)18-8-9-4-1-2-5-10(9)13(15)17/h1-7H,8H2,(H2,15,17). The SMILES string of the molecule is NC(=O)c1ccccc1COc1cccnc1Br. The van der Waals surface area contributed by atoms with E-state index in [1.54, 1.807) is 30.5 Å². The number of primary amides is 1. The summed E-state index contributed by atoms with van der Waals surface area (Å²) in [6.07, 6.45) is 1.66. The summed E-state index contributed by atoms with van der Waals surface area (Å²) in [7, 11) is 0. The van der Waals surface area contributed by atoms with Crippen LogP contribution in [0.1, 0.15) is 15.9 Å². The molecule has 5 heteroatoms. The highest BCUT2D eigenvalue weighted by Crippen LogP contribution is 2.22. The average molecular weight is 307 g/mol. The van der Waals surface area contributed by atoms with Crippen molar-refractivity contribution in [1.82, 2.24) is 4.98 Å². The minimum atomic E-state index is -0.459. The van der Waals surface area contributed by atoms with E-state index in [9.17, 15) is 4.79 Å². The second-order valence-corrected chi connectivity index (χ2v) is 4.35. The Kier molecular flexibility index (Phi) is 3.94. The number of hydrogen-bond donors (Lipinski definition) is 1. The molecule has 1 heterocycles.